The van der Waals surface area contributed by atoms with Crippen molar-refractivity contribution in [1.82, 2.24) is 9.97 Å². The van der Waals surface area contributed by atoms with Crippen LogP contribution in [0, 0.1) is 5.82 Å². The molecule has 0 saturated carbocycles. The van der Waals surface area contributed by atoms with Gasteiger partial charge in [-0.25, -0.2) is 14.4 Å². The minimum Gasteiger partial charge on any atom is -0.374 e. The Kier molecular flexibility index (Phi) is 4.41. The zero-order valence-corrected chi connectivity index (χ0v) is 11.0. The number of nitrogens with zero attached hydrogens (tertiary/aromatic N) is 2. The Labute approximate surface area is 111 Å². The van der Waals surface area contributed by atoms with E-state index in [1.165, 1.54) is 6.07 Å². The molecule has 2 rings (SSSR count). The standard InChI is InChI=1S/C14H16FN3O/c1-3-19-9-14-17-12(8-13(16-2)18-14)10-6-4-5-7-11(10)15/h4-8H,3,9H2,1-2H3,(H,16,17,18). The van der Waals surface area contributed by atoms with E-state index in [0.717, 1.165) is 0 Å². The highest BCUT2D eigenvalue weighted by Crippen LogP contribution is 2.22. The average molecular weight is 261 g/mol. The van der Waals surface area contributed by atoms with E-state index in [9.17, 15) is 4.39 Å². The number of nitrogens with one attached hydrogen (secondary N) is 1. The molecule has 0 saturated heterocycles. The number of aromatic nitrogens is 2. The molecular weight excluding hydrogens is 245 g/mol. The van der Waals surface area contributed by atoms with Gasteiger partial charge in [-0.3, -0.25) is 0 Å². The lowest BCUT2D eigenvalue weighted by atomic mass is 10.1. The SMILES string of the molecule is CCOCc1nc(NC)cc(-c2ccccc2F)n1. The van der Waals surface area contributed by atoms with Crippen LogP contribution in [-0.4, -0.2) is 23.6 Å². The summed E-state index contributed by atoms with van der Waals surface area (Å²) in [7, 11) is 1.76. The molecule has 1 heterocycles. The molecule has 1 aromatic heterocycles. The number of benzene rings is 1. The van der Waals surface area contributed by atoms with Crippen molar-refractivity contribution >= 4 is 5.82 Å². The van der Waals surface area contributed by atoms with Crippen LogP contribution >= 0.6 is 0 Å². The fourth-order valence-electron chi connectivity index (χ4n) is 1.69. The topological polar surface area (TPSA) is 47.0 Å². The molecule has 4 nitrogen and oxygen atoms in total. The first-order valence-corrected chi connectivity index (χ1v) is 6.13. The highest BCUT2D eigenvalue weighted by Gasteiger charge is 2.09. The highest BCUT2D eigenvalue weighted by atomic mass is 19.1. The molecule has 1 N–H and O–H groups in total. The molecule has 0 aliphatic heterocycles. The van der Waals surface area contributed by atoms with E-state index < -0.39 is 0 Å². The van der Waals surface area contributed by atoms with Crippen molar-refractivity contribution in [2.24, 2.45) is 0 Å². The van der Waals surface area contributed by atoms with Crippen LogP contribution < -0.4 is 5.32 Å². The summed E-state index contributed by atoms with van der Waals surface area (Å²) in [5, 5.41) is 2.94. The maximum absolute atomic E-state index is 13.8. The Morgan fingerprint density at radius 3 is 2.74 bits per heavy atom. The van der Waals surface area contributed by atoms with Crippen molar-refractivity contribution < 1.29 is 9.13 Å². The first-order chi connectivity index (χ1) is 9.24. The van der Waals surface area contributed by atoms with Gasteiger partial charge in [-0.2, -0.15) is 0 Å². The second kappa shape index (κ2) is 6.24. The fraction of sp³-hybridized carbons (Fsp3) is 0.286. The molecule has 0 unspecified atom stereocenters. The summed E-state index contributed by atoms with van der Waals surface area (Å²) in [5.74, 6) is 0.875. The zero-order valence-electron chi connectivity index (χ0n) is 11.0. The van der Waals surface area contributed by atoms with Gasteiger partial charge in [-0.05, 0) is 19.1 Å². The largest absolute Gasteiger partial charge is 0.374 e. The first kappa shape index (κ1) is 13.4. The third kappa shape index (κ3) is 3.26. The molecule has 0 atom stereocenters. The van der Waals surface area contributed by atoms with Crippen molar-refractivity contribution in [3.05, 3.63) is 42.0 Å². The zero-order chi connectivity index (χ0) is 13.7. The third-order valence-electron chi connectivity index (χ3n) is 2.61. The van der Waals surface area contributed by atoms with Gasteiger partial charge in [0.15, 0.2) is 5.82 Å². The third-order valence-corrected chi connectivity index (χ3v) is 2.61. The van der Waals surface area contributed by atoms with Gasteiger partial charge in [0.05, 0.1) is 5.69 Å². The van der Waals surface area contributed by atoms with Crippen LogP contribution in [0.3, 0.4) is 0 Å². The van der Waals surface area contributed by atoms with E-state index >= 15 is 0 Å². The Morgan fingerprint density at radius 2 is 2.05 bits per heavy atom. The van der Waals surface area contributed by atoms with E-state index in [1.54, 1.807) is 31.3 Å². The summed E-state index contributed by atoms with van der Waals surface area (Å²) < 4.78 is 19.1. The van der Waals surface area contributed by atoms with Gasteiger partial charge in [0, 0.05) is 25.3 Å². The number of halogens is 1. The maximum atomic E-state index is 13.8. The van der Waals surface area contributed by atoms with Crippen LogP contribution in [0.2, 0.25) is 0 Å². The Balaban J connectivity index is 2.42. The maximum Gasteiger partial charge on any atom is 0.157 e. The van der Waals surface area contributed by atoms with Crippen molar-refractivity contribution in [2.45, 2.75) is 13.5 Å². The molecule has 100 valence electrons. The van der Waals surface area contributed by atoms with Crippen molar-refractivity contribution in [3.8, 4) is 11.3 Å². The van der Waals surface area contributed by atoms with Crippen molar-refractivity contribution in [1.29, 1.82) is 0 Å². The molecule has 0 bridgehead atoms. The van der Waals surface area contributed by atoms with Crippen molar-refractivity contribution in [2.75, 3.05) is 19.0 Å². The fourth-order valence-corrected chi connectivity index (χ4v) is 1.69. The van der Waals surface area contributed by atoms with E-state index in [2.05, 4.69) is 15.3 Å². The van der Waals surface area contributed by atoms with Gasteiger partial charge in [-0.1, -0.05) is 12.1 Å². The second-order valence-electron chi connectivity index (χ2n) is 3.92. The van der Waals surface area contributed by atoms with Gasteiger partial charge in [-0.15, -0.1) is 0 Å². The molecule has 5 heteroatoms. The molecule has 2 aromatic rings. The quantitative estimate of drug-likeness (QED) is 0.899. The van der Waals surface area contributed by atoms with Crippen LogP contribution in [0.15, 0.2) is 30.3 Å². The lowest BCUT2D eigenvalue weighted by Crippen LogP contribution is -2.04. The number of hydrogen-bond donors (Lipinski definition) is 1. The van der Waals surface area contributed by atoms with E-state index in [1.807, 2.05) is 6.92 Å². The molecule has 19 heavy (non-hydrogen) atoms. The summed E-state index contributed by atoms with van der Waals surface area (Å²) in [5.41, 5.74) is 1.01. The summed E-state index contributed by atoms with van der Waals surface area (Å²) in [4.78, 5) is 8.61. The molecule has 0 amide bonds. The van der Waals surface area contributed by atoms with E-state index in [-0.39, 0.29) is 5.82 Å². The molecule has 0 aliphatic carbocycles. The van der Waals surface area contributed by atoms with Crippen molar-refractivity contribution in [3.63, 3.8) is 0 Å². The number of anilines is 1. The van der Waals surface area contributed by atoms with E-state index in [4.69, 9.17) is 4.74 Å². The smallest absolute Gasteiger partial charge is 0.157 e. The van der Waals surface area contributed by atoms with Gasteiger partial charge in [0.2, 0.25) is 0 Å². The Bertz CT molecular complexity index is 560. The lowest BCUT2D eigenvalue weighted by Gasteiger charge is -2.08. The van der Waals surface area contributed by atoms with Crippen LogP contribution in [-0.2, 0) is 11.3 Å². The van der Waals surface area contributed by atoms with Crippen LogP contribution in [0.25, 0.3) is 11.3 Å². The molecular formula is C14H16FN3O. The van der Waals surface area contributed by atoms with Gasteiger partial charge in [0.25, 0.3) is 0 Å². The molecule has 0 radical (unpaired) electrons. The van der Waals surface area contributed by atoms with Gasteiger partial charge in [0.1, 0.15) is 18.2 Å². The normalized spacial score (nSPS) is 10.5. The summed E-state index contributed by atoms with van der Waals surface area (Å²) in [6, 6.07) is 8.26. The minimum atomic E-state index is -0.300. The average Bonchev–Trinajstić information content (AvgIpc) is 2.45. The summed E-state index contributed by atoms with van der Waals surface area (Å²) in [6.45, 7) is 2.80. The number of hydrogen-bond acceptors (Lipinski definition) is 4. The minimum absolute atomic E-state index is 0.300. The lowest BCUT2D eigenvalue weighted by molar-refractivity contribution is 0.128. The van der Waals surface area contributed by atoms with Gasteiger partial charge >= 0.3 is 0 Å². The van der Waals surface area contributed by atoms with Crippen LogP contribution in [0.1, 0.15) is 12.7 Å². The highest BCUT2D eigenvalue weighted by molar-refractivity contribution is 5.63. The predicted octanol–water partition coefficient (Wildman–Crippen LogP) is 2.86. The van der Waals surface area contributed by atoms with E-state index in [0.29, 0.717) is 36.1 Å². The molecule has 0 fully saturated rings. The van der Waals surface area contributed by atoms with Gasteiger partial charge < -0.3 is 10.1 Å². The Hall–Kier alpha value is -2.01. The number of ether oxygens (including phenoxy) is 1. The predicted molar refractivity (Wildman–Crippen MR) is 72.3 cm³/mol. The number of rotatable bonds is 5. The van der Waals surface area contributed by atoms with Crippen LogP contribution in [0.4, 0.5) is 10.2 Å². The summed E-state index contributed by atoms with van der Waals surface area (Å²) in [6.07, 6.45) is 0. The Morgan fingerprint density at radius 1 is 1.26 bits per heavy atom. The van der Waals surface area contributed by atoms with Crippen LogP contribution in [0.5, 0.6) is 0 Å². The molecule has 1 aromatic carbocycles. The second-order valence-corrected chi connectivity index (χ2v) is 3.92. The summed E-state index contributed by atoms with van der Waals surface area (Å²) >= 11 is 0. The monoisotopic (exact) mass is 261 g/mol. The molecule has 0 spiro atoms. The first-order valence-electron chi connectivity index (χ1n) is 6.13. The molecule has 0 aliphatic rings.